The molecule has 1 aromatic carbocycles. The van der Waals surface area contributed by atoms with E-state index in [9.17, 15) is 51.9 Å². The Morgan fingerprint density at radius 3 is 2.08 bits per heavy atom. The number of carbonyl (C=O) groups is 8. The number of benzene rings is 1. The standard InChI is InChI=1S/C50H80N6O14S/c1-15-30(8)41-39(57)26-40(58)70-44(29(6)7)43(59)31(9)45(60)51-35(23-27(2)3)48(63)56-22-16-17-36(56)49(64)54(11)38(25-33-18-20-34(68-13)21-19-33)50(65)69-32(10)42(47(62)52-41)53-46(61)37(24-28(4)5)55(12)71(14,66)67/h18-21,27-32,35-39,41-42,44,57H,15-17,22-26H2,1-14H3,(H,51,60)(H,52,62)(H,53,61)/t30-,31-,32-,35+,36-,37+,38-,39+,41+,42-,44+/m0/s1. The van der Waals surface area contributed by atoms with Crippen LogP contribution >= 0.6 is 0 Å². The summed E-state index contributed by atoms with van der Waals surface area (Å²) < 4.78 is 43.5. The maximum absolute atomic E-state index is 14.8. The number of aliphatic hydroxyl groups excluding tert-OH is 1. The zero-order chi connectivity index (χ0) is 53.8. The Bertz CT molecular complexity index is 2150. The smallest absolute Gasteiger partial charge is 0.329 e. The molecule has 0 spiro atoms. The average Bonchev–Trinajstić information content (AvgIpc) is 3.79. The maximum Gasteiger partial charge on any atom is 0.329 e. The number of carbonyl (C=O) groups excluding carboxylic acids is 8. The number of hydrogen-bond donors (Lipinski definition) is 4. The highest BCUT2D eigenvalue weighted by Gasteiger charge is 2.45. The molecule has 71 heavy (non-hydrogen) atoms. The van der Waals surface area contributed by atoms with Gasteiger partial charge >= 0.3 is 11.9 Å². The van der Waals surface area contributed by atoms with Gasteiger partial charge in [-0.1, -0.05) is 73.9 Å². The van der Waals surface area contributed by atoms with Crippen LogP contribution in [-0.4, -0.2) is 163 Å². The zero-order valence-electron chi connectivity index (χ0n) is 44.1. The summed E-state index contributed by atoms with van der Waals surface area (Å²) in [4.78, 5) is 117. The summed E-state index contributed by atoms with van der Waals surface area (Å²) in [5, 5.41) is 19.8. The number of rotatable bonds is 14. The predicted molar refractivity (Wildman–Crippen MR) is 264 cm³/mol. The highest BCUT2D eigenvalue weighted by molar-refractivity contribution is 7.88. The minimum absolute atomic E-state index is 0.0346. The lowest BCUT2D eigenvalue weighted by Crippen LogP contribution is -2.61. The molecule has 1 aromatic rings. The molecule has 2 heterocycles. The Kier molecular flexibility index (Phi) is 22.5. The van der Waals surface area contributed by atoms with Crippen molar-refractivity contribution in [1.29, 1.82) is 0 Å². The first-order valence-electron chi connectivity index (χ1n) is 24.7. The number of sulfonamides is 1. The van der Waals surface area contributed by atoms with E-state index in [4.69, 9.17) is 14.2 Å². The summed E-state index contributed by atoms with van der Waals surface area (Å²) in [7, 11) is 0.148. The van der Waals surface area contributed by atoms with E-state index in [2.05, 4.69) is 16.0 Å². The molecule has 0 bridgehead atoms. The van der Waals surface area contributed by atoms with E-state index in [1.807, 2.05) is 13.8 Å². The summed E-state index contributed by atoms with van der Waals surface area (Å²) in [6, 6.07) is -1.20. The molecule has 400 valence electrons. The van der Waals surface area contributed by atoms with Crippen LogP contribution in [0.25, 0.3) is 0 Å². The summed E-state index contributed by atoms with van der Waals surface area (Å²) in [5.41, 5.74) is 0.576. The van der Waals surface area contributed by atoms with E-state index in [1.165, 1.54) is 44.9 Å². The lowest BCUT2D eigenvalue weighted by molar-refractivity contribution is -0.163. The monoisotopic (exact) mass is 1020 g/mol. The quantitative estimate of drug-likeness (QED) is 0.154. The van der Waals surface area contributed by atoms with Crippen molar-refractivity contribution in [1.82, 2.24) is 30.1 Å². The lowest BCUT2D eigenvalue weighted by Gasteiger charge is -2.35. The molecule has 3 rings (SSSR count). The minimum Gasteiger partial charge on any atom is -0.497 e. The third-order valence-electron chi connectivity index (χ3n) is 13.4. The molecule has 2 aliphatic heterocycles. The van der Waals surface area contributed by atoms with Crippen molar-refractivity contribution >= 4 is 57.3 Å². The van der Waals surface area contributed by atoms with Crippen LogP contribution in [0.4, 0.5) is 0 Å². The van der Waals surface area contributed by atoms with E-state index in [0.717, 1.165) is 10.6 Å². The number of ether oxygens (including phenoxy) is 3. The molecular weight excluding hydrogens is 941 g/mol. The van der Waals surface area contributed by atoms with Gasteiger partial charge < -0.3 is 45.1 Å². The Balaban J connectivity index is 2.29. The van der Waals surface area contributed by atoms with Crippen LogP contribution in [0.15, 0.2) is 24.3 Å². The number of Topliss-reactive ketones (excluding diaryl/α,β-unsaturated/α-hetero) is 1. The third kappa shape index (κ3) is 16.4. The van der Waals surface area contributed by atoms with Gasteiger partial charge in [0.05, 0.1) is 37.9 Å². The number of fused-ring (bicyclic) bond motifs is 1. The molecule has 2 saturated heterocycles. The van der Waals surface area contributed by atoms with E-state index in [0.29, 0.717) is 24.2 Å². The van der Waals surface area contributed by atoms with Gasteiger partial charge in [-0.2, -0.15) is 4.31 Å². The summed E-state index contributed by atoms with van der Waals surface area (Å²) in [6.45, 7) is 16.8. The van der Waals surface area contributed by atoms with Crippen LogP contribution in [-0.2, 0) is 64.3 Å². The Morgan fingerprint density at radius 2 is 1.55 bits per heavy atom. The van der Waals surface area contributed by atoms with Crippen molar-refractivity contribution in [2.45, 2.75) is 169 Å². The number of amides is 5. The molecule has 2 aliphatic rings. The average molecular weight is 1020 g/mol. The van der Waals surface area contributed by atoms with Crippen LogP contribution < -0.4 is 20.7 Å². The number of nitrogens with one attached hydrogen (secondary N) is 3. The fraction of sp³-hybridized carbons (Fsp3) is 0.720. The van der Waals surface area contributed by atoms with E-state index >= 15 is 0 Å². The van der Waals surface area contributed by atoms with Crippen LogP contribution in [0.1, 0.15) is 113 Å². The molecule has 0 saturated carbocycles. The van der Waals surface area contributed by atoms with Gasteiger partial charge in [0.25, 0.3) is 0 Å². The molecule has 21 heteroatoms. The first-order chi connectivity index (χ1) is 33.0. The summed E-state index contributed by atoms with van der Waals surface area (Å²) in [5.74, 6) is -9.02. The van der Waals surface area contributed by atoms with Crippen molar-refractivity contribution < 1.29 is 66.1 Å². The van der Waals surface area contributed by atoms with Crippen molar-refractivity contribution in [3.8, 4) is 5.75 Å². The number of cyclic esters (lactones) is 2. The minimum atomic E-state index is -3.96. The first kappa shape index (κ1) is 60.2. The third-order valence-corrected chi connectivity index (χ3v) is 14.8. The number of esters is 2. The molecule has 11 atom stereocenters. The fourth-order valence-corrected chi connectivity index (χ4v) is 9.46. The molecule has 4 N–H and O–H groups in total. The number of ketones is 1. The topological polar surface area (TPSA) is 264 Å². The first-order valence-corrected chi connectivity index (χ1v) is 26.5. The Morgan fingerprint density at radius 1 is 0.930 bits per heavy atom. The van der Waals surface area contributed by atoms with Gasteiger partial charge in [-0.05, 0) is 80.9 Å². The van der Waals surface area contributed by atoms with Gasteiger partial charge in [0.15, 0.2) is 11.9 Å². The zero-order valence-corrected chi connectivity index (χ0v) is 44.9. The highest BCUT2D eigenvalue weighted by atomic mass is 32.2. The fourth-order valence-electron chi connectivity index (χ4n) is 8.81. The van der Waals surface area contributed by atoms with Crippen molar-refractivity contribution in [2.75, 3.05) is 34.0 Å². The number of methoxy groups -OCH3 is 1. The maximum atomic E-state index is 14.8. The number of nitrogens with zero attached hydrogens (tertiary/aromatic N) is 3. The Hall–Kier alpha value is -5.15. The lowest BCUT2D eigenvalue weighted by atomic mass is 9.91. The van der Waals surface area contributed by atoms with E-state index in [-0.39, 0.29) is 44.1 Å². The van der Waals surface area contributed by atoms with Gasteiger partial charge in [-0.15, -0.1) is 0 Å². The van der Waals surface area contributed by atoms with Gasteiger partial charge in [0.2, 0.25) is 39.6 Å². The van der Waals surface area contributed by atoms with Gasteiger partial charge in [-0.25, -0.2) is 13.2 Å². The summed E-state index contributed by atoms with van der Waals surface area (Å²) in [6.07, 6.45) is -3.36. The summed E-state index contributed by atoms with van der Waals surface area (Å²) >= 11 is 0. The number of aliphatic hydroxyl groups is 1. The number of hydrogen-bond acceptors (Lipinski definition) is 14. The largest absolute Gasteiger partial charge is 0.497 e. The van der Waals surface area contributed by atoms with Gasteiger partial charge in [0, 0.05) is 27.1 Å². The highest BCUT2D eigenvalue weighted by Crippen LogP contribution is 2.26. The van der Waals surface area contributed by atoms with Crippen LogP contribution in [0.2, 0.25) is 0 Å². The van der Waals surface area contributed by atoms with Crippen molar-refractivity contribution in [3.63, 3.8) is 0 Å². The van der Waals surface area contributed by atoms with Crippen molar-refractivity contribution in [2.24, 2.45) is 29.6 Å². The second-order valence-corrected chi connectivity index (χ2v) is 22.5. The molecular formula is C50H80N6O14S. The van der Waals surface area contributed by atoms with Crippen LogP contribution in [0.3, 0.4) is 0 Å². The van der Waals surface area contributed by atoms with Gasteiger partial charge in [-0.3, -0.25) is 33.6 Å². The molecule has 0 aromatic heterocycles. The molecule has 5 amide bonds. The van der Waals surface area contributed by atoms with Crippen LogP contribution in [0.5, 0.6) is 5.75 Å². The predicted octanol–water partition coefficient (Wildman–Crippen LogP) is 2.38. The van der Waals surface area contributed by atoms with E-state index < -0.39 is 136 Å². The Labute approximate surface area is 420 Å². The SMILES string of the molecule is CC[C@H](C)[C@H]1NC(=O)[C@@H](NC(=O)[C@@H](CC(C)C)N(C)S(C)(=O)=O)[C@H](C)OC(=O)[C@H](Cc2ccc(OC)cc2)N(C)C(=O)[C@@H]2CCCN2C(=O)[C@@H](CC(C)C)NC(=O)[C@@H](C)C(=O)[C@@H](C(C)C)OC(=O)C[C@H]1O. The molecule has 0 unspecified atom stereocenters. The second kappa shape index (κ2) is 26.5. The molecule has 20 nitrogen and oxygen atoms in total. The molecule has 0 radical (unpaired) electrons. The van der Waals surface area contributed by atoms with Crippen LogP contribution in [0, 0.1) is 29.6 Å². The van der Waals surface area contributed by atoms with Gasteiger partial charge in [0.1, 0.15) is 42.1 Å². The second-order valence-electron chi connectivity index (χ2n) is 20.4. The molecule has 2 fully saturated rings. The normalized spacial score (nSPS) is 27.3. The van der Waals surface area contributed by atoms with Crippen molar-refractivity contribution in [3.05, 3.63) is 29.8 Å². The number of likely N-dealkylation sites (N-methyl/N-ethyl adjacent to an activating group) is 2. The molecule has 0 aliphatic carbocycles. The van der Waals surface area contributed by atoms with E-state index in [1.54, 1.807) is 65.8 Å².